The molecule has 0 aromatic heterocycles. The first-order valence-corrected chi connectivity index (χ1v) is 10.0. The second-order valence-electron chi connectivity index (χ2n) is 5.63. The van der Waals surface area contributed by atoms with Crippen LogP contribution in [0.2, 0.25) is 0 Å². The van der Waals surface area contributed by atoms with Crippen LogP contribution in [0.1, 0.15) is 27.7 Å². The Balaban J connectivity index is 0.000000797. The average Bonchev–Trinajstić information content (AvgIpc) is 2.79. The molecule has 2 rings (SSSR count). The van der Waals surface area contributed by atoms with Gasteiger partial charge in [-0.1, -0.05) is 0 Å². The number of ether oxygens (including phenoxy) is 2. The second kappa shape index (κ2) is 14.5. The molecule has 0 radical (unpaired) electrons. The van der Waals surface area contributed by atoms with Gasteiger partial charge in [0, 0.05) is 13.8 Å². The zero-order valence-electron chi connectivity index (χ0n) is 18.1. The number of carbonyl (C=O) groups excluding carboxylic acids is 2. The van der Waals surface area contributed by atoms with Crippen LogP contribution in [-0.2, 0) is 33.5 Å². The number of carbonyl (C=O) groups is 2. The van der Waals surface area contributed by atoms with Gasteiger partial charge in [0.1, 0.15) is 0 Å². The van der Waals surface area contributed by atoms with E-state index >= 15 is 0 Å². The second-order valence-corrected chi connectivity index (χ2v) is 6.87. The summed E-state index contributed by atoms with van der Waals surface area (Å²) in [6.45, 7) is 7.31. The van der Waals surface area contributed by atoms with Crippen molar-refractivity contribution in [3.63, 3.8) is 0 Å². The molecule has 2 aromatic rings. The summed E-state index contributed by atoms with van der Waals surface area (Å²) in [5, 5.41) is 0. The molecule has 0 fully saturated rings. The summed E-state index contributed by atoms with van der Waals surface area (Å²) < 4.78 is 136. The first kappa shape index (κ1) is 32.2. The summed E-state index contributed by atoms with van der Waals surface area (Å²) in [5.74, 6) is -25.1. The molecule has 35 heavy (non-hydrogen) atoms. The molecule has 0 atom stereocenters. The number of rotatable bonds is 4. The molecule has 0 amide bonds. The Morgan fingerprint density at radius 1 is 0.514 bits per heavy atom. The topological polar surface area (TPSA) is 52.6 Å². The van der Waals surface area contributed by atoms with Gasteiger partial charge in [0.05, 0.1) is 13.2 Å². The van der Waals surface area contributed by atoms with Gasteiger partial charge in [-0.05, 0) is 13.8 Å². The Hall–Kier alpha value is -2.83. The molecule has 0 N–H and O–H groups in total. The molecule has 0 unspecified atom stereocenters. The van der Waals surface area contributed by atoms with Gasteiger partial charge in [0.2, 0.25) is 0 Å². The van der Waals surface area contributed by atoms with Crippen LogP contribution in [0, 0.1) is 58.2 Å². The van der Waals surface area contributed by atoms with E-state index in [4.69, 9.17) is 0 Å². The molecular formula is C20H16F10NiO4. The minimum atomic E-state index is -2.54. The maximum absolute atomic E-state index is 13.4. The average molecular weight is 569 g/mol. The van der Waals surface area contributed by atoms with Gasteiger partial charge in [-0.3, -0.25) is 9.59 Å². The molecule has 200 valence electrons. The standard InChI is InChI=1S/2C6F5.2C4H8O2.Ni/c2*7-2-1-3(8)5(10)6(11)4(2)9;2*1-3-6-4(2)5;/h;;2*3H2,1-2H3;. The van der Waals surface area contributed by atoms with Gasteiger partial charge in [-0.2, -0.15) is 0 Å². The van der Waals surface area contributed by atoms with Crippen molar-refractivity contribution < 1.29 is 77.4 Å². The molecule has 0 spiro atoms. The van der Waals surface area contributed by atoms with Crippen LogP contribution < -0.4 is 9.07 Å². The fraction of sp³-hybridized carbons (Fsp3) is 0.300. The van der Waals surface area contributed by atoms with E-state index in [1.165, 1.54) is 13.8 Å². The van der Waals surface area contributed by atoms with Crippen molar-refractivity contribution in [2.45, 2.75) is 27.7 Å². The molecule has 0 saturated carbocycles. The van der Waals surface area contributed by atoms with Crippen LogP contribution in [0.15, 0.2) is 0 Å². The van der Waals surface area contributed by atoms with Crippen molar-refractivity contribution in [2.24, 2.45) is 0 Å². The summed E-state index contributed by atoms with van der Waals surface area (Å²) in [5.41, 5.74) is 0. The van der Waals surface area contributed by atoms with Crippen molar-refractivity contribution in [3.8, 4) is 0 Å². The summed E-state index contributed by atoms with van der Waals surface area (Å²) in [7, 11) is 0. The predicted octanol–water partition coefficient (Wildman–Crippen LogP) is 4.25. The molecule has 0 saturated heterocycles. The van der Waals surface area contributed by atoms with Crippen LogP contribution in [0.5, 0.6) is 0 Å². The molecule has 0 bridgehead atoms. The first-order chi connectivity index (χ1) is 16.1. The predicted molar refractivity (Wildman–Crippen MR) is 96.3 cm³/mol. The van der Waals surface area contributed by atoms with Crippen molar-refractivity contribution in [2.75, 3.05) is 13.2 Å². The molecule has 2 aromatic carbocycles. The van der Waals surface area contributed by atoms with Gasteiger partial charge in [-0.25, -0.2) is 0 Å². The van der Waals surface area contributed by atoms with Gasteiger partial charge in [0.25, 0.3) is 0 Å². The monoisotopic (exact) mass is 568 g/mol. The summed E-state index contributed by atoms with van der Waals surface area (Å²) in [4.78, 5) is 19.6. The summed E-state index contributed by atoms with van der Waals surface area (Å²) in [6, 6.07) is 0. The fourth-order valence-electron chi connectivity index (χ4n) is 1.75. The molecular weight excluding hydrogens is 553 g/mol. The van der Waals surface area contributed by atoms with E-state index < -0.39 is 81.7 Å². The molecule has 0 aliphatic rings. The third-order valence-electron chi connectivity index (χ3n) is 3.11. The van der Waals surface area contributed by atoms with Crippen LogP contribution >= 0.6 is 0 Å². The zero-order chi connectivity index (χ0) is 27.6. The Morgan fingerprint density at radius 2 is 0.714 bits per heavy atom. The normalized spacial score (nSPS) is 10.1. The van der Waals surface area contributed by atoms with E-state index in [1.54, 1.807) is 13.8 Å². The zero-order valence-corrected chi connectivity index (χ0v) is 19.1. The van der Waals surface area contributed by atoms with Crippen molar-refractivity contribution in [3.05, 3.63) is 58.2 Å². The van der Waals surface area contributed by atoms with Crippen molar-refractivity contribution in [1.29, 1.82) is 0 Å². The Morgan fingerprint density at radius 3 is 0.857 bits per heavy atom. The SMILES string of the molecule is CCOC(C)=O.CCOC(C)=O.Fc1c(F)c(F)[c]([Ni][c]2c(F)c(F)c(F)c(F)c2F)c(F)c1F. The first-order valence-electron chi connectivity index (χ1n) is 9.01. The number of hydrogen-bond acceptors (Lipinski definition) is 4. The third-order valence-corrected chi connectivity index (χ3v) is 4.47. The van der Waals surface area contributed by atoms with E-state index in [-0.39, 0.29) is 11.9 Å². The summed E-state index contributed by atoms with van der Waals surface area (Å²) in [6.07, 6.45) is 0. The molecule has 0 aliphatic carbocycles. The minimum absolute atomic E-state index is 0.211. The Kier molecular flexibility index (Phi) is 13.4. The third kappa shape index (κ3) is 8.72. The van der Waals surface area contributed by atoms with E-state index in [2.05, 4.69) is 9.47 Å². The van der Waals surface area contributed by atoms with Gasteiger partial charge in [-0.15, -0.1) is 0 Å². The van der Waals surface area contributed by atoms with Gasteiger partial charge >= 0.3 is 138 Å². The number of hydrogen-bond donors (Lipinski definition) is 0. The molecule has 15 heteroatoms. The molecule has 0 aliphatic heterocycles. The number of benzene rings is 2. The fourth-order valence-corrected chi connectivity index (χ4v) is 2.87. The van der Waals surface area contributed by atoms with Crippen LogP contribution in [0.3, 0.4) is 0 Å². The Labute approximate surface area is 198 Å². The molecule has 0 heterocycles. The number of halogens is 10. The molecule has 4 nitrogen and oxygen atoms in total. The van der Waals surface area contributed by atoms with E-state index in [0.29, 0.717) is 13.2 Å². The summed E-state index contributed by atoms with van der Waals surface area (Å²) >= 11 is -1.05. The quantitative estimate of drug-likeness (QED) is 0.182. The van der Waals surface area contributed by atoms with Crippen LogP contribution in [0.4, 0.5) is 43.9 Å². The maximum atomic E-state index is 13.4. The Bertz CT molecular complexity index is 937. The van der Waals surface area contributed by atoms with Gasteiger partial charge < -0.3 is 9.47 Å². The van der Waals surface area contributed by atoms with Crippen molar-refractivity contribution >= 4 is 21.0 Å². The van der Waals surface area contributed by atoms with Crippen molar-refractivity contribution in [1.82, 2.24) is 0 Å². The van der Waals surface area contributed by atoms with E-state index in [0.717, 1.165) is 0 Å². The van der Waals surface area contributed by atoms with Crippen LogP contribution in [-0.4, -0.2) is 25.2 Å². The van der Waals surface area contributed by atoms with Gasteiger partial charge in [0.15, 0.2) is 0 Å². The van der Waals surface area contributed by atoms with E-state index in [9.17, 15) is 53.5 Å². The van der Waals surface area contributed by atoms with E-state index in [1.807, 2.05) is 0 Å². The van der Waals surface area contributed by atoms with Crippen LogP contribution in [0.25, 0.3) is 0 Å². The number of esters is 2.